The first-order valence-electron chi connectivity index (χ1n) is 10.1. The number of anilines is 1. The van der Waals surface area contributed by atoms with Crippen molar-refractivity contribution in [3.05, 3.63) is 87.0 Å². The molecule has 0 aliphatic heterocycles. The first kappa shape index (κ1) is 22.7. The maximum absolute atomic E-state index is 14.1. The van der Waals surface area contributed by atoms with Crippen LogP contribution in [0.2, 0.25) is 10.0 Å². The van der Waals surface area contributed by atoms with Crippen molar-refractivity contribution in [3.63, 3.8) is 0 Å². The molecule has 0 spiro atoms. The zero-order valence-electron chi connectivity index (χ0n) is 17.5. The summed E-state index contributed by atoms with van der Waals surface area (Å²) in [6.45, 7) is 2.03. The molecule has 0 atom stereocenters. The summed E-state index contributed by atoms with van der Waals surface area (Å²) in [4.78, 5) is 27.3. The summed E-state index contributed by atoms with van der Waals surface area (Å²) >= 11 is 12.0. The van der Waals surface area contributed by atoms with Crippen molar-refractivity contribution in [2.45, 2.75) is 19.8 Å². The average Bonchev–Trinajstić information content (AvgIpc) is 3.27. The molecule has 7 nitrogen and oxygen atoms in total. The molecule has 3 aromatic heterocycles. The minimum atomic E-state index is -0.524. The molecule has 0 amide bonds. The number of nitrogens with two attached hydrogens (primary N) is 1. The number of pyridine rings is 1. The topological polar surface area (TPSA) is 102 Å². The largest absolute Gasteiger partial charge is 0.382 e. The zero-order valence-corrected chi connectivity index (χ0v) is 19.0. The first-order valence-corrected chi connectivity index (χ1v) is 10.8. The minimum absolute atomic E-state index is 0.0819. The molecule has 0 bridgehead atoms. The Hall–Kier alpha value is -3.49. The summed E-state index contributed by atoms with van der Waals surface area (Å²) in [5, 5.41) is 1.45. The number of halogens is 3. The first-order chi connectivity index (χ1) is 15.9. The van der Waals surface area contributed by atoms with Crippen LogP contribution in [0.15, 0.2) is 59.9 Å². The lowest BCUT2D eigenvalue weighted by atomic mass is 10.1. The lowest BCUT2D eigenvalue weighted by Gasteiger charge is -2.15. The minimum Gasteiger partial charge on any atom is -0.382 e. The Morgan fingerprint density at radius 3 is 2.64 bits per heavy atom. The van der Waals surface area contributed by atoms with Crippen LogP contribution in [0, 0.1) is 5.82 Å². The van der Waals surface area contributed by atoms with Gasteiger partial charge in [0.2, 0.25) is 0 Å². The fourth-order valence-corrected chi connectivity index (χ4v) is 3.80. The second-order valence-electron chi connectivity index (χ2n) is 7.19. The molecule has 33 heavy (non-hydrogen) atoms. The Morgan fingerprint density at radius 2 is 1.91 bits per heavy atom. The lowest BCUT2D eigenvalue weighted by molar-refractivity contribution is 0.637. The molecule has 10 heteroatoms. The van der Waals surface area contributed by atoms with Gasteiger partial charge in [0, 0.05) is 5.69 Å². The van der Waals surface area contributed by atoms with Gasteiger partial charge in [0.1, 0.15) is 17.7 Å². The van der Waals surface area contributed by atoms with E-state index in [1.54, 1.807) is 30.3 Å². The van der Waals surface area contributed by atoms with Gasteiger partial charge in [-0.05, 0) is 42.1 Å². The van der Waals surface area contributed by atoms with Gasteiger partial charge < -0.3 is 10.7 Å². The highest BCUT2D eigenvalue weighted by Gasteiger charge is 2.14. The van der Waals surface area contributed by atoms with Crippen LogP contribution in [-0.2, 0) is 6.42 Å². The quantitative estimate of drug-likeness (QED) is 0.360. The predicted molar refractivity (Wildman–Crippen MR) is 130 cm³/mol. The Morgan fingerprint density at radius 1 is 1.09 bits per heavy atom. The van der Waals surface area contributed by atoms with Gasteiger partial charge in [-0.3, -0.25) is 9.36 Å². The van der Waals surface area contributed by atoms with Gasteiger partial charge in [-0.15, -0.1) is 0 Å². The molecule has 0 unspecified atom stereocenters. The molecular formula is C23H19Cl2FN6O. The maximum Gasteiger partial charge on any atom is 0.266 e. The smallest absolute Gasteiger partial charge is 0.266 e. The SMILES string of the molecule is CCCc1cc2cccc(F)c2c(=O)n1-c1ccc(Cl)c(Cl)c1.Nc1ncnc2nc[nH]c12. The van der Waals surface area contributed by atoms with E-state index in [1.165, 1.54) is 23.3 Å². The van der Waals surface area contributed by atoms with Gasteiger partial charge in [0.15, 0.2) is 11.5 Å². The van der Waals surface area contributed by atoms with Gasteiger partial charge >= 0.3 is 0 Å². The van der Waals surface area contributed by atoms with E-state index >= 15 is 0 Å². The lowest BCUT2D eigenvalue weighted by Crippen LogP contribution is -2.23. The van der Waals surface area contributed by atoms with Crippen molar-refractivity contribution in [3.8, 4) is 5.69 Å². The van der Waals surface area contributed by atoms with E-state index in [0.29, 0.717) is 44.5 Å². The number of aromatic nitrogens is 5. The predicted octanol–water partition coefficient (Wildman–Crippen LogP) is 5.32. The Balaban J connectivity index is 0.000000214. The number of nitrogens with zero attached hydrogens (tertiary/aromatic N) is 4. The second-order valence-corrected chi connectivity index (χ2v) is 8.00. The number of aryl methyl sites for hydroxylation is 1. The van der Waals surface area contributed by atoms with Crippen molar-refractivity contribution in [2.24, 2.45) is 0 Å². The van der Waals surface area contributed by atoms with E-state index in [4.69, 9.17) is 28.9 Å². The van der Waals surface area contributed by atoms with Gasteiger partial charge in [-0.1, -0.05) is 48.7 Å². The summed E-state index contributed by atoms with van der Waals surface area (Å²) in [6, 6.07) is 11.5. The standard InChI is InChI=1S/C18H14Cl2FNO.C5H5N5/c1-2-4-12-9-11-5-3-6-16(21)17(11)18(23)22(12)13-7-8-14(19)15(20)10-13;6-4-3-5(9-1-7-3)10-2-8-4/h3,5-10H,2,4H2,1H3;1-2H,(H3,6,7,8,9,10). The Bertz CT molecular complexity index is 1510. The van der Waals surface area contributed by atoms with Crippen molar-refractivity contribution in [1.82, 2.24) is 24.5 Å². The van der Waals surface area contributed by atoms with Crippen LogP contribution in [0.1, 0.15) is 19.0 Å². The van der Waals surface area contributed by atoms with Crippen LogP contribution in [0.25, 0.3) is 27.6 Å². The molecule has 3 N–H and O–H groups in total. The van der Waals surface area contributed by atoms with Crippen LogP contribution in [0.3, 0.4) is 0 Å². The number of fused-ring (bicyclic) bond motifs is 2. The zero-order chi connectivity index (χ0) is 23.5. The summed E-state index contributed by atoms with van der Waals surface area (Å²) in [5.74, 6) is -0.0909. The third-order valence-electron chi connectivity index (χ3n) is 4.99. The molecule has 0 radical (unpaired) electrons. The van der Waals surface area contributed by atoms with Gasteiger partial charge in [-0.25, -0.2) is 19.3 Å². The molecule has 5 aromatic rings. The third-order valence-corrected chi connectivity index (χ3v) is 5.73. The molecule has 3 heterocycles. The number of hydrogen-bond donors (Lipinski definition) is 2. The molecular weight excluding hydrogens is 466 g/mol. The van der Waals surface area contributed by atoms with Crippen molar-refractivity contribution in [2.75, 3.05) is 5.73 Å². The number of nitrogen functional groups attached to an aromatic ring is 1. The van der Waals surface area contributed by atoms with E-state index in [-0.39, 0.29) is 10.9 Å². The highest BCUT2D eigenvalue weighted by atomic mass is 35.5. The number of rotatable bonds is 3. The van der Waals surface area contributed by atoms with Crippen LogP contribution < -0.4 is 11.3 Å². The molecule has 0 fully saturated rings. The molecule has 0 saturated heterocycles. The van der Waals surface area contributed by atoms with E-state index in [2.05, 4.69) is 19.9 Å². The van der Waals surface area contributed by atoms with E-state index in [9.17, 15) is 9.18 Å². The van der Waals surface area contributed by atoms with Gasteiger partial charge in [0.25, 0.3) is 5.56 Å². The monoisotopic (exact) mass is 484 g/mol. The average molecular weight is 485 g/mol. The van der Waals surface area contributed by atoms with Crippen LogP contribution in [0.5, 0.6) is 0 Å². The molecule has 5 rings (SSSR count). The Labute approximate surface area is 198 Å². The fraction of sp³-hybridized carbons (Fsp3) is 0.130. The molecule has 2 aromatic carbocycles. The number of benzene rings is 2. The van der Waals surface area contributed by atoms with E-state index in [1.807, 2.05) is 13.0 Å². The van der Waals surface area contributed by atoms with Crippen molar-refractivity contribution >= 4 is 51.0 Å². The summed E-state index contributed by atoms with van der Waals surface area (Å²) in [6.07, 6.45) is 4.48. The van der Waals surface area contributed by atoms with Crippen molar-refractivity contribution in [1.29, 1.82) is 0 Å². The highest BCUT2D eigenvalue weighted by molar-refractivity contribution is 6.42. The molecule has 168 valence electrons. The number of H-pyrrole nitrogens is 1. The number of imidazole rings is 1. The second kappa shape index (κ2) is 9.56. The maximum atomic E-state index is 14.1. The summed E-state index contributed by atoms with van der Waals surface area (Å²) in [7, 11) is 0. The fourth-order valence-electron chi connectivity index (χ4n) is 3.50. The van der Waals surface area contributed by atoms with Gasteiger partial charge in [-0.2, -0.15) is 0 Å². The number of hydrogen-bond acceptors (Lipinski definition) is 5. The van der Waals surface area contributed by atoms with Gasteiger partial charge in [0.05, 0.1) is 27.4 Å². The van der Waals surface area contributed by atoms with Crippen molar-refractivity contribution < 1.29 is 4.39 Å². The van der Waals surface area contributed by atoms with Crippen LogP contribution in [0.4, 0.5) is 10.2 Å². The Kier molecular flexibility index (Phi) is 6.57. The third kappa shape index (κ3) is 4.53. The molecule has 0 aliphatic carbocycles. The van der Waals surface area contributed by atoms with Crippen LogP contribution >= 0.6 is 23.2 Å². The highest BCUT2D eigenvalue weighted by Crippen LogP contribution is 2.26. The van der Waals surface area contributed by atoms with E-state index < -0.39 is 5.82 Å². The summed E-state index contributed by atoms with van der Waals surface area (Å²) in [5.41, 5.74) is 7.79. The molecule has 0 aliphatic rings. The van der Waals surface area contributed by atoms with Crippen LogP contribution in [-0.4, -0.2) is 24.5 Å². The number of nitrogens with one attached hydrogen (secondary N) is 1. The van der Waals surface area contributed by atoms with E-state index in [0.717, 1.165) is 12.1 Å². The normalized spacial score (nSPS) is 10.9. The number of aromatic amines is 1. The molecule has 0 saturated carbocycles. The summed E-state index contributed by atoms with van der Waals surface area (Å²) < 4.78 is 15.7.